The maximum absolute atomic E-state index is 5.64. The van der Waals surface area contributed by atoms with Crippen molar-refractivity contribution in [2.24, 2.45) is 0 Å². The summed E-state index contributed by atoms with van der Waals surface area (Å²) >= 11 is 1.54. The minimum absolute atomic E-state index is 0.600. The van der Waals surface area contributed by atoms with E-state index in [4.69, 9.17) is 9.47 Å². The number of hydrogen-bond donors (Lipinski definition) is 1. The number of ether oxygens (including phenoxy) is 2. The number of anilines is 1. The summed E-state index contributed by atoms with van der Waals surface area (Å²) in [5.74, 6) is 1.51. The van der Waals surface area contributed by atoms with Gasteiger partial charge in [-0.25, -0.2) is 0 Å². The van der Waals surface area contributed by atoms with Crippen molar-refractivity contribution >= 4 is 16.5 Å². The monoisotopic (exact) mass is 307 g/mol. The smallest absolute Gasteiger partial charge is 0.206 e. The molecule has 0 saturated heterocycles. The van der Waals surface area contributed by atoms with E-state index in [1.165, 1.54) is 0 Å². The van der Waals surface area contributed by atoms with Crippen LogP contribution in [0.25, 0.3) is 10.6 Å². The topological polar surface area (TPSA) is 56.3 Å². The first kappa shape index (κ1) is 15.6. The lowest BCUT2D eigenvalue weighted by Gasteiger charge is -2.11. The van der Waals surface area contributed by atoms with Crippen LogP contribution in [0.1, 0.15) is 27.2 Å². The van der Waals surface area contributed by atoms with Gasteiger partial charge >= 0.3 is 0 Å². The SMILES string of the molecule is CCCNc1nnc(-c2ccc(OCC)c(OCC)c2)s1. The van der Waals surface area contributed by atoms with Gasteiger partial charge in [0, 0.05) is 12.1 Å². The van der Waals surface area contributed by atoms with E-state index in [0.717, 1.165) is 40.2 Å². The fourth-order valence-corrected chi connectivity index (χ4v) is 2.59. The van der Waals surface area contributed by atoms with Crippen molar-refractivity contribution in [3.63, 3.8) is 0 Å². The molecule has 2 rings (SSSR count). The van der Waals surface area contributed by atoms with Crippen molar-refractivity contribution in [3.8, 4) is 22.1 Å². The molecule has 1 heterocycles. The van der Waals surface area contributed by atoms with Gasteiger partial charge in [0.1, 0.15) is 5.01 Å². The molecule has 0 bridgehead atoms. The average Bonchev–Trinajstić information content (AvgIpc) is 2.96. The minimum Gasteiger partial charge on any atom is -0.490 e. The third-order valence-corrected chi connectivity index (χ3v) is 3.67. The fraction of sp³-hybridized carbons (Fsp3) is 0.467. The van der Waals surface area contributed by atoms with Crippen molar-refractivity contribution < 1.29 is 9.47 Å². The lowest BCUT2D eigenvalue weighted by atomic mass is 10.2. The van der Waals surface area contributed by atoms with Crippen LogP contribution in [0, 0.1) is 0 Å². The van der Waals surface area contributed by atoms with Crippen LogP contribution in [0.15, 0.2) is 18.2 Å². The summed E-state index contributed by atoms with van der Waals surface area (Å²) in [7, 11) is 0. The lowest BCUT2D eigenvalue weighted by Crippen LogP contribution is -1.98. The summed E-state index contributed by atoms with van der Waals surface area (Å²) in [6.07, 6.45) is 1.06. The second-order valence-corrected chi connectivity index (χ2v) is 5.34. The van der Waals surface area contributed by atoms with Gasteiger partial charge in [0.2, 0.25) is 5.13 Å². The molecule has 5 nitrogen and oxygen atoms in total. The van der Waals surface area contributed by atoms with E-state index in [1.54, 1.807) is 11.3 Å². The van der Waals surface area contributed by atoms with Crippen LogP contribution in [0.2, 0.25) is 0 Å². The molecule has 2 aromatic rings. The highest BCUT2D eigenvalue weighted by Crippen LogP contribution is 2.34. The Balaban J connectivity index is 2.22. The van der Waals surface area contributed by atoms with Crippen molar-refractivity contribution in [1.29, 1.82) is 0 Å². The van der Waals surface area contributed by atoms with Gasteiger partial charge in [-0.2, -0.15) is 0 Å². The van der Waals surface area contributed by atoms with E-state index in [9.17, 15) is 0 Å². The van der Waals surface area contributed by atoms with E-state index >= 15 is 0 Å². The third-order valence-electron chi connectivity index (χ3n) is 2.74. The molecule has 0 radical (unpaired) electrons. The Bertz CT molecular complexity index is 572. The van der Waals surface area contributed by atoms with E-state index in [1.807, 2.05) is 32.0 Å². The van der Waals surface area contributed by atoms with Crippen LogP contribution < -0.4 is 14.8 Å². The standard InChI is InChI=1S/C15H21N3O2S/c1-4-9-16-15-18-17-14(21-15)11-7-8-12(19-5-2)13(10-11)20-6-3/h7-8,10H,4-6,9H2,1-3H3,(H,16,18). The Labute approximate surface area is 129 Å². The molecule has 0 amide bonds. The second-order valence-electron chi connectivity index (χ2n) is 4.37. The van der Waals surface area contributed by atoms with E-state index < -0.39 is 0 Å². The molecule has 0 aliphatic heterocycles. The zero-order chi connectivity index (χ0) is 15.1. The summed E-state index contributed by atoms with van der Waals surface area (Å²) in [6.45, 7) is 8.16. The molecule has 1 N–H and O–H groups in total. The number of aromatic nitrogens is 2. The largest absolute Gasteiger partial charge is 0.490 e. The Kier molecular flexibility index (Phi) is 5.80. The minimum atomic E-state index is 0.600. The summed E-state index contributed by atoms with van der Waals surface area (Å²) < 4.78 is 11.2. The van der Waals surface area contributed by atoms with Crippen molar-refractivity contribution in [3.05, 3.63) is 18.2 Å². The van der Waals surface area contributed by atoms with Crippen molar-refractivity contribution in [2.45, 2.75) is 27.2 Å². The van der Waals surface area contributed by atoms with Crippen LogP contribution in [0.5, 0.6) is 11.5 Å². The number of nitrogens with one attached hydrogen (secondary N) is 1. The highest BCUT2D eigenvalue weighted by Gasteiger charge is 2.11. The van der Waals surface area contributed by atoms with Crippen LogP contribution in [0.4, 0.5) is 5.13 Å². The van der Waals surface area contributed by atoms with E-state index in [-0.39, 0.29) is 0 Å². The van der Waals surface area contributed by atoms with Crippen LogP contribution in [0.3, 0.4) is 0 Å². The zero-order valence-corrected chi connectivity index (χ0v) is 13.5. The molecule has 0 aliphatic rings. The van der Waals surface area contributed by atoms with E-state index in [0.29, 0.717) is 13.2 Å². The van der Waals surface area contributed by atoms with Gasteiger partial charge in [-0.3, -0.25) is 0 Å². The fourth-order valence-electron chi connectivity index (χ4n) is 1.83. The second kappa shape index (κ2) is 7.83. The van der Waals surface area contributed by atoms with Gasteiger partial charge in [-0.15, -0.1) is 10.2 Å². The predicted molar refractivity (Wildman–Crippen MR) is 86.5 cm³/mol. The normalized spacial score (nSPS) is 10.4. The summed E-state index contributed by atoms with van der Waals surface area (Å²) in [5, 5.41) is 13.3. The number of nitrogens with zero attached hydrogens (tertiary/aromatic N) is 2. The first-order valence-electron chi connectivity index (χ1n) is 7.25. The van der Waals surface area contributed by atoms with Gasteiger partial charge in [-0.1, -0.05) is 18.3 Å². The summed E-state index contributed by atoms with van der Waals surface area (Å²) in [6, 6.07) is 5.86. The van der Waals surface area contributed by atoms with E-state index in [2.05, 4.69) is 22.4 Å². The van der Waals surface area contributed by atoms with Crippen LogP contribution in [-0.2, 0) is 0 Å². The first-order chi connectivity index (χ1) is 10.3. The molecule has 0 aliphatic carbocycles. The van der Waals surface area contributed by atoms with Crippen molar-refractivity contribution in [1.82, 2.24) is 10.2 Å². The maximum Gasteiger partial charge on any atom is 0.206 e. The van der Waals surface area contributed by atoms with Gasteiger partial charge in [0.05, 0.1) is 13.2 Å². The Morgan fingerprint density at radius 2 is 1.81 bits per heavy atom. The molecule has 6 heteroatoms. The highest BCUT2D eigenvalue weighted by atomic mass is 32.1. The number of rotatable bonds is 8. The lowest BCUT2D eigenvalue weighted by molar-refractivity contribution is 0.288. The molecule has 1 aromatic heterocycles. The molecule has 0 atom stereocenters. The Morgan fingerprint density at radius 3 is 2.52 bits per heavy atom. The average molecular weight is 307 g/mol. The molecule has 0 spiro atoms. The van der Waals surface area contributed by atoms with Gasteiger partial charge in [0.25, 0.3) is 0 Å². The molecule has 114 valence electrons. The molecule has 1 aromatic carbocycles. The summed E-state index contributed by atoms with van der Waals surface area (Å²) in [5.41, 5.74) is 0.990. The molecule has 0 fully saturated rings. The van der Waals surface area contributed by atoms with Crippen LogP contribution in [-0.4, -0.2) is 30.0 Å². The van der Waals surface area contributed by atoms with Crippen molar-refractivity contribution in [2.75, 3.05) is 25.1 Å². The summed E-state index contributed by atoms with van der Waals surface area (Å²) in [4.78, 5) is 0. The van der Waals surface area contributed by atoms with Crippen LogP contribution >= 0.6 is 11.3 Å². The quantitative estimate of drug-likeness (QED) is 0.803. The Morgan fingerprint density at radius 1 is 1.05 bits per heavy atom. The third kappa shape index (κ3) is 4.07. The number of hydrogen-bond acceptors (Lipinski definition) is 6. The van der Waals surface area contributed by atoms with Gasteiger partial charge in [-0.05, 0) is 38.5 Å². The molecule has 0 saturated carbocycles. The van der Waals surface area contributed by atoms with Gasteiger partial charge < -0.3 is 14.8 Å². The molecular formula is C15H21N3O2S. The maximum atomic E-state index is 5.64. The first-order valence-corrected chi connectivity index (χ1v) is 8.07. The zero-order valence-electron chi connectivity index (χ0n) is 12.7. The molecule has 0 unspecified atom stereocenters. The Hall–Kier alpha value is -1.82. The number of benzene rings is 1. The highest BCUT2D eigenvalue weighted by molar-refractivity contribution is 7.18. The molecular weight excluding hydrogens is 286 g/mol. The molecule has 21 heavy (non-hydrogen) atoms. The predicted octanol–water partition coefficient (Wildman–Crippen LogP) is 3.82. The van der Waals surface area contributed by atoms with Gasteiger partial charge in [0.15, 0.2) is 11.5 Å².